The molecule has 2 aromatic rings. The molecule has 0 radical (unpaired) electrons. The van der Waals surface area contributed by atoms with E-state index in [0.29, 0.717) is 18.2 Å². The molecule has 0 aliphatic heterocycles. The van der Waals surface area contributed by atoms with Gasteiger partial charge in [-0.3, -0.25) is 0 Å². The minimum absolute atomic E-state index is 0.0694. The number of ether oxygens (including phenoxy) is 1. The first-order valence-electron chi connectivity index (χ1n) is 11.1. The summed E-state index contributed by atoms with van der Waals surface area (Å²) in [6.07, 6.45) is -8.02. The summed E-state index contributed by atoms with van der Waals surface area (Å²) in [5, 5.41) is 9.87. The Kier molecular flexibility index (Phi) is 7.99. The van der Waals surface area contributed by atoms with Crippen LogP contribution in [0.25, 0.3) is 0 Å². The second-order valence-electron chi connectivity index (χ2n) is 9.16. The molecule has 3 rings (SSSR count). The monoisotopic (exact) mass is 489 g/mol. The predicted octanol–water partition coefficient (Wildman–Crippen LogP) is 6.22. The number of benzene rings is 2. The predicted molar refractivity (Wildman–Crippen MR) is 116 cm³/mol. The van der Waals surface area contributed by atoms with Crippen molar-refractivity contribution in [1.29, 1.82) is 0 Å². The Balaban J connectivity index is 1.90. The number of halogens is 6. The molecule has 0 bridgehead atoms. The van der Waals surface area contributed by atoms with E-state index in [1.165, 1.54) is 0 Å². The SMILES string of the molecule is CN(C)[C@H]1CC[C@@](COC(CO)c2cc(C(F)(F)F)cc(C(F)(F)F)c2)(c2ccccc2)CC1. The van der Waals surface area contributed by atoms with Crippen molar-refractivity contribution in [3.8, 4) is 0 Å². The minimum Gasteiger partial charge on any atom is -0.393 e. The van der Waals surface area contributed by atoms with E-state index in [1.54, 1.807) is 0 Å². The van der Waals surface area contributed by atoms with Gasteiger partial charge < -0.3 is 14.7 Å². The zero-order valence-electron chi connectivity index (χ0n) is 19.1. The summed E-state index contributed by atoms with van der Waals surface area (Å²) in [5.41, 5.74) is -2.65. The van der Waals surface area contributed by atoms with Crippen LogP contribution < -0.4 is 0 Å². The first kappa shape index (κ1) is 26.5. The van der Waals surface area contributed by atoms with Gasteiger partial charge in [-0.25, -0.2) is 0 Å². The molecule has 1 atom stereocenters. The second-order valence-corrected chi connectivity index (χ2v) is 9.16. The van der Waals surface area contributed by atoms with Crippen molar-refractivity contribution >= 4 is 0 Å². The number of hydrogen-bond donors (Lipinski definition) is 1. The molecule has 3 nitrogen and oxygen atoms in total. The van der Waals surface area contributed by atoms with Crippen LogP contribution in [0.2, 0.25) is 0 Å². The molecule has 0 saturated heterocycles. The standard InChI is InChI=1S/C25H29F6NO2/c1-32(2)21-8-10-23(11-9-21,18-6-4-3-5-7-18)16-34-22(15-33)17-12-19(24(26,27)28)14-20(13-17)25(29,30)31/h3-7,12-14,21-22,33H,8-11,15-16H2,1-2H3/t21-,22?,23+. The van der Waals surface area contributed by atoms with Crippen LogP contribution in [0.1, 0.15) is 54.0 Å². The average molecular weight is 490 g/mol. The van der Waals surface area contributed by atoms with Gasteiger partial charge in [0, 0.05) is 11.5 Å². The van der Waals surface area contributed by atoms with Crippen LogP contribution in [0.15, 0.2) is 48.5 Å². The third-order valence-electron chi connectivity index (χ3n) is 6.74. The number of aliphatic hydroxyl groups is 1. The third-order valence-corrected chi connectivity index (χ3v) is 6.74. The number of hydrogen-bond acceptors (Lipinski definition) is 3. The Bertz CT molecular complexity index is 902. The van der Waals surface area contributed by atoms with Gasteiger partial charge >= 0.3 is 12.4 Å². The number of aliphatic hydroxyl groups excluding tert-OH is 1. The maximum atomic E-state index is 13.3. The van der Waals surface area contributed by atoms with Gasteiger partial charge in [-0.1, -0.05) is 30.3 Å². The highest BCUT2D eigenvalue weighted by atomic mass is 19.4. The fourth-order valence-corrected chi connectivity index (χ4v) is 4.66. The molecular formula is C25H29F6NO2. The summed E-state index contributed by atoms with van der Waals surface area (Å²) < 4.78 is 85.6. The number of nitrogens with zero attached hydrogens (tertiary/aromatic N) is 1. The van der Waals surface area contributed by atoms with Crippen molar-refractivity contribution < 1.29 is 36.2 Å². The van der Waals surface area contributed by atoms with E-state index in [2.05, 4.69) is 4.90 Å². The summed E-state index contributed by atoms with van der Waals surface area (Å²) >= 11 is 0. The highest BCUT2D eigenvalue weighted by molar-refractivity contribution is 5.35. The van der Waals surface area contributed by atoms with Gasteiger partial charge in [-0.2, -0.15) is 26.3 Å². The molecule has 0 heterocycles. The highest BCUT2D eigenvalue weighted by Crippen LogP contribution is 2.43. The summed E-state index contributed by atoms with van der Waals surface area (Å²) in [5.74, 6) is 0. The van der Waals surface area contributed by atoms with Crippen LogP contribution >= 0.6 is 0 Å². The molecule has 0 aromatic heterocycles. The van der Waals surface area contributed by atoms with Crippen LogP contribution in [0.3, 0.4) is 0 Å². The molecule has 0 spiro atoms. The van der Waals surface area contributed by atoms with E-state index in [9.17, 15) is 31.4 Å². The molecule has 2 aromatic carbocycles. The molecular weight excluding hydrogens is 460 g/mol. The third kappa shape index (κ3) is 6.12. The lowest BCUT2D eigenvalue weighted by molar-refractivity contribution is -0.143. The Labute approximate surface area is 195 Å². The molecule has 1 saturated carbocycles. The second kappa shape index (κ2) is 10.3. The van der Waals surface area contributed by atoms with Gasteiger partial charge in [0.2, 0.25) is 0 Å². The first-order chi connectivity index (χ1) is 15.9. The smallest absolute Gasteiger partial charge is 0.393 e. The fraction of sp³-hybridized carbons (Fsp3) is 0.520. The van der Waals surface area contributed by atoms with Crippen molar-refractivity contribution in [1.82, 2.24) is 4.90 Å². The van der Waals surface area contributed by atoms with Crippen molar-refractivity contribution in [2.75, 3.05) is 27.3 Å². The minimum atomic E-state index is -4.97. The van der Waals surface area contributed by atoms with Gasteiger partial charge in [-0.15, -0.1) is 0 Å². The molecule has 1 N–H and O–H groups in total. The Morgan fingerprint density at radius 3 is 1.91 bits per heavy atom. The zero-order valence-corrected chi connectivity index (χ0v) is 19.1. The van der Waals surface area contributed by atoms with Gasteiger partial charge in [0.05, 0.1) is 24.3 Å². The Morgan fingerprint density at radius 1 is 0.941 bits per heavy atom. The van der Waals surface area contributed by atoms with Gasteiger partial charge in [-0.05, 0) is 69.1 Å². The summed E-state index contributed by atoms with van der Waals surface area (Å²) in [4.78, 5) is 2.15. The average Bonchev–Trinajstić information content (AvgIpc) is 2.79. The van der Waals surface area contributed by atoms with E-state index in [-0.39, 0.29) is 18.2 Å². The van der Waals surface area contributed by atoms with Gasteiger partial charge in [0.1, 0.15) is 6.10 Å². The van der Waals surface area contributed by atoms with Crippen molar-refractivity contribution in [3.05, 3.63) is 70.8 Å². The Hall–Kier alpha value is -2.10. The molecule has 9 heteroatoms. The van der Waals surface area contributed by atoms with Crippen molar-refractivity contribution in [2.24, 2.45) is 0 Å². The summed E-state index contributed by atoms with van der Waals surface area (Å²) in [6.45, 7) is -0.677. The lowest BCUT2D eigenvalue weighted by Gasteiger charge is -2.43. The van der Waals surface area contributed by atoms with Gasteiger partial charge in [0.15, 0.2) is 0 Å². The normalized spacial score (nSPS) is 22.7. The lowest BCUT2D eigenvalue weighted by atomic mass is 9.68. The topological polar surface area (TPSA) is 32.7 Å². The van der Waals surface area contributed by atoms with E-state index < -0.39 is 41.6 Å². The number of rotatable bonds is 7. The molecule has 34 heavy (non-hydrogen) atoms. The van der Waals surface area contributed by atoms with E-state index in [4.69, 9.17) is 4.74 Å². The molecule has 0 amide bonds. The summed E-state index contributed by atoms with van der Waals surface area (Å²) in [6, 6.07) is 11.3. The van der Waals surface area contributed by atoms with Crippen LogP contribution in [0, 0.1) is 0 Å². The quantitative estimate of drug-likeness (QED) is 0.469. The van der Waals surface area contributed by atoms with Crippen LogP contribution in [-0.2, 0) is 22.5 Å². The van der Waals surface area contributed by atoms with E-state index in [1.807, 2.05) is 44.4 Å². The maximum Gasteiger partial charge on any atom is 0.416 e. The molecule has 1 unspecified atom stereocenters. The van der Waals surface area contributed by atoms with Gasteiger partial charge in [0.25, 0.3) is 0 Å². The number of alkyl halides is 6. The van der Waals surface area contributed by atoms with Crippen molar-refractivity contribution in [2.45, 2.75) is 55.6 Å². The fourth-order valence-electron chi connectivity index (χ4n) is 4.66. The molecule has 1 aliphatic rings. The van der Waals surface area contributed by atoms with E-state index >= 15 is 0 Å². The maximum absolute atomic E-state index is 13.3. The van der Waals surface area contributed by atoms with Crippen molar-refractivity contribution in [3.63, 3.8) is 0 Å². The summed E-state index contributed by atoms with van der Waals surface area (Å²) in [7, 11) is 4.01. The highest BCUT2D eigenvalue weighted by Gasteiger charge is 2.40. The lowest BCUT2D eigenvalue weighted by Crippen LogP contribution is -2.42. The first-order valence-corrected chi connectivity index (χ1v) is 11.1. The largest absolute Gasteiger partial charge is 0.416 e. The van der Waals surface area contributed by atoms with Crippen LogP contribution in [0.4, 0.5) is 26.3 Å². The van der Waals surface area contributed by atoms with Crippen LogP contribution in [-0.4, -0.2) is 43.4 Å². The molecule has 1 fully saturated rings. The molecule has 188 valence electrons. The Morgan fingerprint density at radius 2 is 1.47 bits per heavy atom. The zero-order chi connectivity index (χ0) is 25.1. The van der Waals surface area contributed by atoms with Crippen LogP contribution in [0.5, 0.6) is 0 Å². The van der Waals surface area contributed by atoms with E-state index in [0.717, 1.165) is 31.2 Å². The molecule has 1 aliphatic carbocycles.